The second-order valence-electron chi connectivity index (χ2n) is 4.98. The summed E-state index contributed by atoms with van der Waals surface area (Å²) < 4.78 is 21.4. The number of ether oxygens (including phenoxy) is 4. The number of rotatable bonds is 4. The molecule has 1 aromatic carbocycles. The Morgan fingerprint density at radius 2 is 2.10 bits per heavy atom. The first-order chi connectivity index (χ1) is 10.0. The molecule has 1 heterocycles. The quantitative estimate of drug-likeness (QED) is 0.674. The molecular weight excluding hydrogens is 274 g/mol. The fourth-order valence-corrected chi connectivity index (χ4v) is 2.81. The number of anilines is 1. The molecule has 6 nitrogen and oxygen atoms in total. The first kappa shape index (κ1) is 15.4. The fraction of sp³-hybridized carbons (Fsp3) is 0.533. The normalized spacial score (nSPS) is 20.6. The summed E-state index contributed by atoms with van der Waals surface area (Å²) in [7, 11) is 4.53. The van der Waals surface area contributed by atoms with E-state index in [9.17, 15) is 4.79 Å². The van der Waals surface area contributed by atoms with Gasteiger partial charge in [0, 0.05) is 23.6 Å². The highest BCUT2D eigenvalue weighted by Gasteiger charge is 2.32. The van der Waals surface area contributed by atoms with E-state index in [1.807, 2.05) is 6.92 Å². The van der Waals surface area contributed by atoms with E-state index >= 15 is 0 Å². The van der Waals surface area contributed by atoms with Gasteiger partial charge in [0.25, 0.3) is 0 Å². The number of hydrogen-bond donors (Lipinski definition) is 1. The summed E-state index contributed by atoms with van der Waals surface area (Å²) in [6.07, 6.45) is 0.244. The number of nitrogens with two attached hydrogens (primary N) is 1. The van der Waals surface area contributed by atoms with E-state index in [2.05, 4.69) is 0 Å². The van der Waals surface area contributed by atoms with Crippen molar-refractivity contribution in [3.8, 4) is 11.5 Å². The van der Waals surface area contributed by atoms with Crippen molar-refractivity contribution in [1.29, 1.82) is 0 Å². The zero-order valence-electron chi connectivity index (χ0n) is 12.8. The Morgan fingerprint density at radius 3 is 2.67 bits per heavy atom. The third-order valence-electron chi connectivity index (χ3n) is 3.69. The predicted octanol–water partition coefficient (Wildman–Crippen LogP) is 1.85. The highest BCUT2D eigenvalue weighted by Crippen LogP contribution is 2.44. The summed E-state index contributed by atoms with van der Waals surface area (Å²) >= 11 is 0. The molecular formula is C15H21NO5. The van der Waals surface area contributed by atoms with Gasteiger partial charge in [-0.3, -0.25) is 4.79 Å². The zero-order valence-corrected chi connectivity index (χ0v) is 12.8. The van der Waals surface area contributed by atoms with Crippen LogP contribution in [0.5, 0.6) is 11.5 Å². The van der Waals surface area contributed by atoms with E-state index in [1.165, 1.54) is 7.11 Å². The minimum atomic E-state index is -0.300. The third-order valence-corrected chi connectivity index (χ3v) is 3.69. The van der Waals surface area contributed by atoms with Gasteiger partial charge in [-0.15, -0.1) is 0 Å². The van der Waals surface area contributed by atoms with Crippen molar-refractivity contribution in [2.24, 2.45) is 0 Å². The molecule has 0 aromatic heterocycles. The monoisotopic (exact) mass is 295 g/mol. The smallest absolute Gasteiger partial charge is 0.308 e. The van der Waals surface area contributed by atoms with E-state index in [-0.39, 0.29) is 24.6 Å². The lowest BCUT2D eigenvalue weighted by Crippen LogP contribution is -2.28. The number of nitrogen functional groups attached to an aromatic ring is 1. The lowest BCUT2D eigenvalue weighted by atomic mass is 9.91. The minimum Gasteiger partial charge on any atom is -0.496 e. The van der Waals surface area contributed by atoms with Gasteiger partial charge in [-0.05, 0) is 6.92 Å². The Labute approximate surface area is 124 Å². The highest BCUT2D eigenvalue weighted by atomic mass is 16.5. The van der Waals surface area contributed by atoms with Gasteiger partial charge in [-0.1, -0.05) is 0 Å². The van der Waals surface area contributed by atoms with Gasteiger partial charge in [0.05, 0.1) is 45.6 Å². The van der Waals surface area contributed by atoms with E-state index in [4.69, 9.17) is 24.7 Å². The molecule has 2 atom stereocenters. The van der Waals surface area contributed by atoms with Crippen LogP contribution in [0.15, 0.2) is 6.07 Å². The van der Waals surface area contributed by atoms with Gasteiger partial charge in [-0.2, -0.15) is 0 Å². The van der Waals surface area contributed by atoms with Gasteiger partial charge in [-0.25, -0.2) is 0 Å². The molecule has 1 aliphatic heterocycles. The van der Waals surface area contributed by atoms with Crippen LogP contribution in [-0.2, 0) is 20.7 Å². The number of hydrogen-bond acceptors (Lipinski definition) is 6. The van der Waals surface area contributed by atoms with E-state index in [0.29, 0.717) is 23.6 Å². The third kappa shape index (κ3) is 2.90. The molecule has 0 bridgehead atoms. The molecule has 2 N–H and O–H groups in total. The van der Waals surface area contributed by atoms with Gasteiger partial charge in [0.2, 0.25) is 0 Å². The van der Waals surface area contributed by atoms with Crippen LogP contribution >= 0.6 is 0 Å². The molecule has 0 spiro atoms. The minimum absolute atomic E-state index is 0.195. The summed E-state index contributed by atoms with van der Waals surface area (Å²) in [5.74, 6) is 0.994. The summed E-state index contributed by atoms with van der Waals surface area (Å²) in [5.41, 5.74) is 8.38. The molecule has 116 valence electrons. The van der Waals surface area contributed by atoms with Crippen LogP contribution in [0, 0.1) is 0 Å². The number of carbonyl (C=O) groups excluding carboxylic acids is 1. The molecule has 1 aliphatic rings. The second-order valence-corrected chi connectivity index (χ2v) is 4.98. The van der Waals surface area contributed by atoms with Crippen LogP contribution in [0.25, 0.3) is 0 Å². The van der Waals surface area contributed by atoms with Crippen molar-refractivity contribution in [3.05, 3.63) is 17.2 Å². The van der Waals surface area contributed by atoms with Gasteiger partial charge in [0.1, 0.15) is 11.5 Å². The molecule has 0 aliphatic carbocycles. The Kier molecular flexibility index (Phi) is 4.57. The lowest BCUT2D eigenvalue weighted by Gasteiger charge is -2.32. The highest BCUT2D eigenvalue weighted by molar-refractivity contribution is 5.70. The molecule has 2 rings (SSSR count). The standard InChI is InChI=1S/C15H21NO5/c1-8-14-10(5-9(21-8)6-13(17)19-3)15(20-4)11(16)7-12(14)18-2/h7-9H,5-6,16H2,1-4H3/t8-,9-/m1/s1. The van der Waals surface area contributed by atoms with Crippen molar-refractivity contribution >= 4 is 11.7 Å². The molecule has 0 saturated carbocycles. The zero-order chi connectivity index (χ0) is 15.6. The lowest BCUT2D eigenvalue weighted by molar-refractivity contribution is -0.145. The first-order valence-corrected chi connectivity index (χ1v) is 6.77. The second kappa shape index (κ2) is 6.22. The van der Waals surface area contributed by atoms with Crippen LogP contribution in [0.4, 0.5) is 5.69 Å². The number of fused-ring (bicyclic) bond motifs is 1. The van der Waals surface area contributed by atoms with Crippen molar-refractivity contribution in [2.45, 2.75) is 32.0 Å². The Morgan fingerprint density at radius 1 is 1.38 bits per heavy atom. The predicted molar refractivity (Wildman–Crippen MR) is 77.6 cm³/mol. The topological polar surface area (TPSA) is 80.0 Å². The Balaban J connectivity index is 2.43. The SMILES string of the molecule is COC(=O)C[C@H]1Cc2c(OC)c(N)cc(OC)c2[C@@H](C)O1. The Bertz CT molecular complexity index is 543. The first-order valence-electron chi connectivity index (χ1n) is 6.77. The average molecular weight is 295 g/mol. The van der Waals surface area contributed by atoms with Crippen molar-refractivity contribution in [2.75, 3.05) is 27.1 Å². The van der Waals surface area contributed by atoms with Crippen molar-refractivity contribution in [1.82, 2.24) is 0 Å². The largest absolute Gasteiger partial charge is 0.496 e. The van der Waals surface area contributed by atoms with Crippen molar-refractivity contribution in [3.63, 3.8) is 0 Å². The molecule has 0 amide bonds. The maximum atomic E-state index is 11.5. The van der Waals surface area contributed by atoms with Crippen LogP contribution < -0.4 is 15.2 Å². The fourth-order valence-electron chi connectivity index (χ4n) is 2.81. The number of methoxy groups -OCH3 is 3. The molecule has 0 radical (unpaired) electrons. The van der Waals surface area contributed by atoms with Crippen molar-refractivity contribution < 1.29 is 23.7 Å². The maximum absolute atomic E-state index is 11.5. The van der Waals surface area contributed by atoms with Crippen LogP contribution in [-0.4, -0.2) is 33.4 Å². The number of carbonyl (C=O) groups is 1. The molecule has 21 heavy (non-hydrogen) atoms. The summed E-state index contributed by atoms with van der Waals surface area (Å²) in [5, 5.41) is 0. The van der Waals surface area contributed by atoms with Crippen LogP contribution in [0.1, 0.15) is 30.6 Å². The van der Waals surface area contributed by atoms with E-state index < -0.39 is 0 Å². The summed E-state index contributed by atoms with van der Waals surface area (Å²) in [4.78, 5) is 11.5. The molecule has 1 aromatic rings. The van der Waals surface area contributed by atoms with Crippen LogP contribution in [0.3, 0.4) is 0 Å². The molecule has 0 fully saturated rings. The average Bonchev–Trinajstić information content (AvgIpc) is 2.45. The molecule has 6 heteroatoms. The van der Waals surface area contributed by atoms with Crippen LogP contribution in [0.2, 0.25) is 0 Å². The van der Waals surface area contributed by atoms with E-state index in [1.54, 1.807) is 20.3 Å². The van der Waals surface area contributed by atoms with Gasteiger partial charge < -0.3 is 24.7 Å². The maximum Gasteiger partial charge on any atom is 0.308 e. The summed E-state index contributed by atoms with van der Waals surface area (Å²) in [6, 6.07) is 1.73. The number of benzene rings is 1. The Hall–Kier alpha value is -1.95. The van der Waals surface area contributed by atoms with Gasteiger partial charge >= 0.3 is 5.97 Å². The molecule has 0 saturated heterocycles. The molecule has 0 unspecified atom stereocenters. The summed E-state index contributed by atoms with van der Waals surface area (Å²) in [6.45, 7) is 1.92. The van der Waals surface area contributed by atoms with Gasteiger partial charge in [0.15, 0.2) is 0 Å². The number of esters is 1. The van der Waals surface area contributed by atoms with E-state index in [0.717, 1.165) is 11.1 Å².